The third-order valence-corrected chi connectivity index (χ3v) is 3.37. The van der Waals surface area contributed by atoms with E-state index in [0.29, 0.717) is 0 Å². The number of carbonyl (C=O) groups is 1. The van der Waals surface area contributed by atoms with Crippen LogP contribution in [0.5, 0.6) is 0 Å². The number of benzene rings is 2. The number of carboxylic acid groups (broad SMARTS) is 1. The smallest absolute Gasteiger partial charge is 0.328 e. The Bertz CT molecular complexity index is 672. The average Bonchev–Trinajstić information content (AvgIpc) is 2.45. The summed E-state index contributed by atoms with van der Waals surface area (Å²) in [6.07, 6.45) is 2.80. The van der Waals surface area contributed by atoms with Crippen LogP contribution in [0, 0.1) is 13.8 Å². The zero-order chi connectivity index (χ0) is 15.4. The van der Waals surface area contributed by atoms with E-state index in [9.17, 15) is 4.79 Å². The van der Waals surface area contributed by atoms with Crippen molar-refractivity contribution in [2.75, 3.05) is 11.9 Å². The van der Waals surface area contributed by atoms with E-state index in [4.69, 9.17) is 5.11 Å². The predicted molar refractivity (Wildman–Crippen MR) is 87.1 cm³/mol. The molecule has 3 nitrogen and oxygen atoms in total. The number of hydrogen-bond donors (Lipinski definition) is 1. The van der Waals surface area contributed by atoms with E-state index in [1.165, 1.54) is 11.6 Å². The summed E-state index contributed by atoms with van der Waals surface area (Å²) >= 11 is 0. The second kappa shape index (κ2) is 6.27. The Labute approximate surface area is 125 Å². The summed E-state index contributed by atoms with van der Waals surface area (Å²) in [5.74, 6) is -0.944. The van der Waals surface area contributed by atoms with Crippen LogP contribution in [0.15, 0.2) is 48.5 Å². The predicted octanol–water partition coefficient (Wildman–Crippen LogP) is 4.17. The van der Waals surface area contributed by atoms with E-state index in [2.05, 4.69) is 36.1 Å². The normalized spacial score (nSPS) is 10.8. The number of aliphatic carboxylic acids is 1. The van der Waals surface area contributed by atoms with E-state index >= 15 is 0 Å². The highest BCUT2D eigenvalue weighted by Crippen LogP contribution is 2.29. The Hall–Kier alpha value is -2.55. The molecule has 2 rings (SSSR count). The fourth-order valence-corrected chi connectivity index (χ4v) is 2.18. The van der Waals surface area contributed by atoms with Gasteiger partial charge in [0.05, 0.1) is 0 Å². The van der Waals surface area contributed by atoms with Crippen molar-refractivity contribution >= 4 is 23.4 Å². The van der Waals surface area contributed by atoms with Gasteiger partial charge in [-0.05, 0) is 49.8 Å². The molecular formula is C18H19NO2. The molecule has 2 aromatic rings. The van der Waals surface area contributed by atoms with Crippen molar-refractivity contribution < 1.29 is 9.90 Å². The second-order valence-corrected chi connectivity index (χ2v) is 5.13. The first-order valence-corrected chi connectivity index (χ1v) is 6.79. The highest BCUT2D eigenvalue weighted by Gasteiger charge is 2.08. The third-order valence-electron chi connectivity index (χ3n) is 3.37. The Morgan fingerprint density at radius 1 is 1.05 bits per heavy atom. The number of carboxylic acids is 1. The van der Waals surface area contributed by atoms with Gasteiger partial charge in [-0.2, -0.15) is 0 Å². The van der Waals surface area contributed by atoms with E-state index in [0.717, 1.165) is 22.5 Å². The molecule has 0 atom stereocenters. The molecule has 0 aliphatic rings. The van der Waals surface area contributed by atoms with E-state index in [1.807, 2.05) is 32.2 Å². The molecule has 0 spiro atoms. The molecule has 0 aliphatic heterocycles. The molecule has 0 heterocycles. The van der Waals surface area contributed by atoms with Crippen molar-refractivity contribution in [1.29, 1.82) is 0 Å². The molecular weight excluding hydrogens is 262 g/mol. The summed E-state index contributed by atoms with van der Waals surface area (Å²) in [6.45, 7) is 4.05. The molecule has 1 N–H and O–H groups in total. The van der Waals surface area contributed by atoms with Crippen LogP contribution < -0.4 is 4.90 Å². The number of anilines is 2. The molecule has 0 radical (unpaired) electrons. The molecule has 0 fully saturated rings. The Balaban J connectivity index is 2.42. The summed E-state index contributed by atoms with van der Waals surface area (Å²) in [5.41, 5.74) is 5.24. The molecule has 0 bridgehead atoms. The summed E-state index contributed by atoms with van der Waals surface area (Å²) in [4.78, 5) is 12.8. The number of aryl methyl sites for hydroxylation is 2. The first-order valence-electron chi connectivity index (χ1n) is 6.79. The summed E-state index contributed by atoms with van der Waals surface area (Å²) < 4.78 is 0. The molecule has 2 aromatic carbocycles. The maximum Gasteiger partial charge on any atom is 0.328 e. The van der Waals surface area contributed by atoms with Gasteiger partial charge in [0, 0.05) is 24.5 Å². The molecule has 0 saturated heterocycles. The summed E-state index contributed by atoms with van der Waals surface area (Å²) in [5, 5.41) is 8.82. The monoisotopic (exact) mass is 281 g/mol. The van der Waals surface area contributed by atoms with Crippen molar-refractivity contribution in [2.45, 2.75) is 13.8 Å². The van der Waals surface area contributed by atoms with Gasteiger partial charge in [0.2, 0.25) is 0 Å². The van der Waals surface area contributed by atoms with Crippen molar-refractivity contribution in [3.8, 4) is 0 Å². The fourth-order valence-electron chi connectivity index (χ4n) is 2.18. The van der Waals surface area contributed by atoms with Crippen LogP contribution in [-0.4, -0.2) is 18.1 Å². The van der Waals surface area contributed by atoms with Crippen molar-refractivity contribution in [2.24, 2.45) is 0 Å². The topological polar surface area (TPSA) is 40.5 Å². The second-order valence-electron chi connectivity index (χ2n) is 5.13. The van der Waals surface area contributed by atoms with E-state index in [1.54, 1.807) is 6.08 Å². The van der Waals surface area contributed by atoms with Crippen LogP contribution in [-0.2, 0) is 4.79 Å². The van der Waals surface area contributed by atoms with Gasteiger partial charge in [-0.3, -0.25) is 0 Å². The molecule has 0 saturated carbocycles. The largest absolute Gasteiger partial charge is 0.478 e. The molecule has 0 aliphatic carbocycles. The first-order chi connectivity index (χ1) is 9.97. The van der Waals surface area contributed by atoms with Gasteiger partial charge < -0.3 is 10.0 Å². The lowest BCUT2D eigenvalue weighted by Crippen LogP contribution is -2.11. The fraction of sp³-hybridized carbons (Fsp3) is 0.167. The number of rotatable bonds is 4. The van der Waals surface area contributed by atoms with Gasteiger partial charge in [-0.15, -0.1) is 0 Å². The van der Waals surface area contributed by atoms with Gasteiger partial charge in [0.15, 0.2) is 0 Å². The molecule has 0 aromatic heterocycles. The Morgan fingerprint density at radius 2 is 1.67 bits per heavy atom. The van der Waals surface area contributed by atoms with Crippen molar-refractivity contribution in [1.82, 2.24) is 0 Å². The minimum Gasteiger partial charge on any atom is -0.478 e. The van der Waals surface area contributed by atoms with Crippen molar-refractivity contribution in [3.05, 3.63) is 65.2 Å². The molecule has 0 amide bonds. The lowest BCUT2D eigenvalue weighted by Gasteiger charge is -2.22. The molecule has 21 heavy (non-hydrogen) atoms. The molecule has 0 unspecified atom stereocenters. The van der Waals surface area contributed by atoms with Gasteiger partial charge in [-0.1, -0.05) is 29.3 Å². The first kappa shape index (κ1) is 14.9. The zero-order valence-electron chi connectivity index (χ0n) is 12.5. The van der Waals surface area contributed by atoms with E-state index < -0.39 is 5.97 Å². The van der Waals surface area contributed by atoms with Crippen LogP contribution in [0.4, 0.5) is 11.4 Å². The van der Waals surface area contributed by atoms with Gasteiger partial charge in [-0.25, -0.2) is 4.79 Å². The minimum atomic E-state index is -0.944. The van der Waals surface area contributed by atoms with Gasteiger partial charge in [0.1, 0.15) is 0 Å². The highest BCUT2D eigenvalue weighted by molar-refractivity contribution is 5.87. The Morgan fingerprint density at radius 3 is 2.29 bits per heavy atom. The zero-order valence-corrected chi connectivity index (χ0v) is 12.5. The van der Waals surface area contributed by atoms with Crippen molar-refractivity contribution in [3.63, 3.8) is 0 Å². The van der Waals surface area contributed by atoms with Crippen LogP contribution in [0.25, 0.3) is 6.08 Å². The van der Waals surface area contributed by atoms with Crippen LogP contribution in [0.3, 0.4) is 0 Å². The standard InChI is InChI=1S/C18H19NO2/c1-13-4-8-16(9-5-13)19(3)17-10-6-14(2)12-15(17)7-11-18(20)21/h4-12H,1-3H3,(H,20,21)/b11-7+. The lowest BCUT2D eigenvalue weighted by molar-refractivity contribution is -0.131. The molecule has 108 valence electrons. The van der Waals surface area contributed by atoms with Crippen LogP contribution in [0.1, 0.15) is 16.7 Å². The van der Waals surface area contributed by atoms with Gasteiger partial charge in [0.25, 0.3) is 0 Å². The highest BCUT2D eigenvalue weighted by atomic mass is 16.4. The third kappa shape index (κ3) is 3.72. The Kier molecular flexibility index (Phi) is 4.43. The number of nitrogens with zero attached hydrogens (tertiary/aromatic N) is 1. The maximum atomic E-state index is 10.7. The summed E-state index contributed by atoms with van der Waals surface area (Å²) in [7, 11) is 1.98. The van der Waals surface area contributed by atoms with E-state index in [-0.39, 0.29) is 0 Å². The van der Waals surface area contributed by atoms with Gasteiger partial charge >= 0.3 is 5.97 Å². The van der Waals surface area contributed by atoms with Crippen LogP contribution >= 0.6 is 0 Å². The maximum absolute atomic E-state index is 10.7. The quantitative estimate of drug-likeness (QED) is 0.855. The number of hydrogen-bond acceptors (Lipinski definition) is 2. The molecule has 3 heteroatoms. The lowest BCUT2D eigenvalue weighted by atomic mass is 10.1. The average molecular weight is 281 g/mol. The SMILES string of the molecule is Cc1ccc(N(C)c2ccc(C)cc2/C=C/C(=O)O)cc1. The minimum absolute atomic E-state index is 0.889. The summed E-state index contributed by atoms with van der Waals surface area (Å²) in [6, 6.07) is 14.3. The van der Waals surface area contributed by atoms with Crippen LogP contribution in [0.2, 0.25) is 0 Å².